The summed E-state index contributed by atoms with van der Waals surface area (Å²) in [6.07, 6.45) is 0. The van der Waals surface area contributed by atoms with E-state index in [1.54, 1.807) is 23.9 Å². The topological polar surface area (TPSA) is 23.6 Å². The highest BCUT2D eigenvalue weighted by atomic mass is 16.2. The molecule has 1 heterocycles. The molecule has 0 saturated carbocycles. The van der Waals surface area contributed by atoms with E-state index >= 15 is 0 Å². The van der Waals surface area contributed by atoms with Crippen LogP contribution in [0.1, 0.15) is 0 Å². The Balaban J connectivity index is 2.57. The van der Waals surface area contributed by atoms with Crippen molar-refractivity contribution in [1.29, 1.82) is 0 Å². The third-order valence-corrected chi connectivity index (χ3v) is 1.26. The molecule has 1 aliphatic heterocycles. The van der Waals surface area contributed by atoms with E-state index in [4.69, 9.17) is 0 Å². The molecule has 0 bridgehead atoms. The highest BCUT2D eigenvalue weighted by Gasteiger charge is 2.20. The molecule has 45 valence electrons. The molecule has 1 aliphatic rings. The van der Waals surface area contributed by atoms with E-state index < -0.39 is 0 Å². The van der Waals surface area contributed by atoms with Gasteiger partial charge in [0.15, 0.2) is 0 Å². The Kier molecular flexibility index (Phi) is 1.12. The second-order valence-corrected chi connectivity index (χ2v) is 1.96. The van der Waals surface area contributed by atoms with Crippen molar-refractivity contribution in [3.05, 3.63) is 6.54 Å². The van der Waals surface area contributed by atoms with Crippen LogP contribution in [0.4, 0.5) is 4.79 Å². The minimum absolute atomic E-state index is 0.0741. The van der Waals surface area contributed by atoms with Gasteiger partial charge in [-0.15, -0.1) is 0 Å². The SMILES string of the molecule is CN1[CH]CN(C)C1=O. The first-order chi connectivity index (χ1) is 3.72. The van der Waals surface area contributed by atoms with Crippen molar-refractivity contribution in [1.82, 2.24) is 9.80 Å². The molecule has 0 atom stereocenters. The lowest BCUT2D eigenvalue weighted by atomic mass is 10.6. The molecule has 0 unspecified atom stereocenters. The van der Waals surface area contributed by atoms with Gasteiger partial charge >= 0.3 is 6.03 Å². The molecule has 0 aromatic carbocycles. The van der Waals surface area contributed by atoms with E-state index in [0.717, 1.165) is 6.54 Å². The Labute approximate surface area is 48.9 Å². The van der Waals surface area contributed by atoms with Gasteiger partial charge in [-0.05, 0) is 0 Å². The van der Waals surface area contributed by atoms with E-state index in [9.17, 15) is 4.79 Å². The molecule has 0 spiro atoms. The van der Waals surface area contributed by atoms with Gasteiger partial charge in [-0.3, -0.25) is 0 Å². The van der Waals surface area contributed by atoms with Gasteiger partial charge in [0.2, 0.25) is 0 Å². The fourth-order valence-electron chi connectivity index (χ4n) is 0.670. The maximum Gasteiger partial charge on any atom is 0.319 e. The van der Waals surface area contributed by atoms with Gasteiger partial charge in [0.25, 0.3) is 0 Å². The molecule has 1 fully saturated rings. The van der Waals surface area contributed by atoms with Gasteiger partial charge < -0.3 is 9.80 Å². The summed E-state index contributed by atoms with van der Waals surface area (Å²) in [6, 6.07) is 0.0741. The summed E-state index contributed by atoms with van der Waals surface area (Å²) in [5, 5.41) is 0. The van der Waals surface area contributed by atoms with Crippen LogP contribution in [-0.4, -0.2) is 36.5 Å². The van der Waals surface area contributed by atoms with Crippen LogP contribution in [0.15, 0.2) is 0 Å². The van der Waals surface area contributed by atoms with E-state index in [0.29, 0.717) is 0 Å². The first kappa shape index (κ1) is 5.41. The van der Waals surface area contributed by atoms with Crippen LogP contribution in [0.25, 0.3) is 0 Å². The van der Waals surface area contributed by atoms with E-state index in [-0.39, 0.29) is 6.03 Å². The van der Waals surface area contributed by atoms with Crippen molar-refractivity contribution < 1.29 is 4.79 Å². The maximum atomic E-state index is 10.7. The van der Waals surface area contributed by atoms with Crippen molar-refractivity contribution in [3.8, 4) is 0 Å². The van der Waals surface area contributed by atoms with Gasteiger partial charge in [-0.25, -0.2) is 4.79 Å². The van der Waals surface area contributed by atoms with Gasteiger partial charge in [-0.1, -0.05) is 0 Å². The zero-order chi connectivity index (χ0) is 6.15. The lowest BCUT2D eigenvalue weighted by molar-refractivity contribution is 0.207. The van der Waals surface area contributed by atoms with Crippen LogP contribution in [-0.2, 0) is 0 Å². The molecule has 8 heavy (non-hydrogen) atoms. The minimum Gasteiger partial charge on any atom is -0.326 e. The molecule has 3 heteroatoms. The van der Waals surface area contributed by atoms with E-state index in [1.807, 2.05) is 6.54 Å². The van der Waals surface area contributed by atoms with Gasteiger partial charge in [0.1, 0.15) is 0 Å². The highest BCUT2D eigenvalue weighted by Crippen LogP contribution is 2.05. The number of rotatable bonds is 0. The van der Waals surface area contributed by atoms with Crippen molar-refractivity contribution >= 4 is 6.03 Å². The number of hydrogen-bond acceptors (Lipinski definition) is 1. The number of hydrogen-bond donors (Lipinski definition) is 0. The van der Waals surface area contributed by atoms with Gasteiger partial charge in [-0.2, -0.15) is 0 Å². The quantitative estimate of drug-likeness (QED) is 0.438. The van der Waals surface area contributed by atoms with E-state index in [1.165, 1.54) is 0 Å². The normalized spacial score (nSPS) is 20.5. The second-order valence-electron chi connectivity index (χ2n) is 1.96. The lowest BCUT2D eigenvalue weighted by Crippen LogP contribution is -2.25. The Morgan fingerprint density at radius 2 is 2.25 bits per heavy atom. The molecule has 0 aliphatic carbocycles. The largest absolute Gasteiger partial charge is 0.326 e. The zero-order valence-corrected chi connectivity index (χ0v) is 5.09. The smallest absolute Gasteiger partial charge is 0.319 e. The third kappa shape index (κ3) is 0.638. The molecule has 1 rings (SSSR count). The van der Waals surface area contributed by atoms with Gasteiger partial charge in [0, 0.05) is 20.6 Å². The predicted molar refractivity (Wildman–Crippen MR) is 30.1 cm³/mol. The Morgan fingerprint density at radius 3 is 2.38 bits per heavy atom. The number of likely N-dealkylation sites (N-methyl/N-ethyl adjacent to an activating group) is 2. The maximum absolute atomic E-state index is 10.7. The van der Waals surface area contributed by atoms with Crippen LogP contribution < -0.4 is 0 Å². The average Bonchev–Trinajstić information content (AvgIpc) is 1.98. The average molecular weight is 113 g/mol. The first-order valence-electron chi connectivity index (χ1n) is 2.53. The third-order valence-electron chi connectivity index (χ3n) is 1.26. The summed E-state index contributed by atoms with van der Waals surface area (Å²) in [5.74, 6) is 0. The van der Waals surface area contributed by atoms with E-state index in [2.05, 4.69) is 0 Å². The Morgan fingerprint density at radius 1 is 1.62 bits per heavy atom. The molecule has 0 aromatic rings. The molecular formula is C5H9N2O. The monoisotopic (exact) mass is 113 g/mol. The van der Waals surface area contributed by atoms with Crippen LogP contribution >= 0.6 is 0 Å². The summed E-state index contributed by atoms with van der Waals surface area (Å²) in [6.45, 7) is 2.59. The number of carbonyl (C=O) groups excluding carboxylic acids is 1. The molecule has 0 N–H and O–H groups in total. The summed E-state index contributed by atoms with van der Waals surface area (Å²) in [5.41, 5.74) is 0. The molecular weight excluding hydrogens is 104 g/mol. The van der Waals surface area contributed by atoms with Crippen molar-refractivity contribution in [2.45, 2.75) is 0 Å². The predicted octanol–water partition coefficient (Wildman–Crippen LogP) is 0.145. The van der Waals surface area contributed by atoms with Crippen molar-refractivity contribution in [2.24, 2.45) is 0 Å². The van der Waals surface area contributed by atoms with Crippen LogP contribution in [0.2, 0.25) is 0 Å². The minimum atomic E-state index is 0.0741. The van der Waals surface area contributed by atoms with Crippen LogP contribution in [0.5, 0.6) is 0 Å². The first-order valence-corrected chi connectivity index (χ1v) is 2.53. The van der Waals surface area contributed by atoms with Crippen molar-refractivity contribution in [2.75, 3.05) is 20.6 Å². The van der Waals surface area contributed by atoms with Gasteiger partial charge in [0.05, 0.1) is 6.54 Å². The van der Waals surface area contributed by atoms with Crippen molar-refractivity contribution in [3.63, 3.8) is 0 Å². The number of amides is 2. The molecule has 1 radical (unpaired) electrons. The van der Waals surface area contributed by atoms with Crippen LogP contribution in [0.3, 0.4) is 0 Å². The molecule has 3 nitrogen and oxygen atoms in total. The second kappa shape index (κ2) is 1.65. The number of urea groups is 1. The van der Waals surface area contributed by atoms with Crippen LogP contribution in [0, 0.1) is 6.54 Å². The summed E-state index contributed by atoms with van der Waals surface area (Å²) < 4.78 is 0. The summed E-state index contributed by atoms with van der Waals surface area (Å²) in [7, 11) is 3.54. The standard InChI is InChI=1S/C5H9N2O/c1-6-3-4-7(2)5(6)8/h3H,4H2,1-2H3. The lowest BCUT2D eigenvalue weighted by Gasteiger charge is -2.07. The number of carbonyl (C=O) groups is 1. The summed E-state index contributed by atoms with van der Waals surface area (Å²) in [4.78, 5) is 14.0. The fourth-order valence-corrected chi connectivity index (χ4v) is 0.670. The molecule has 0 aromatic heterocycles. The Bertz CT molecular complexity index is 101. The Hall–Kier alpha value is -0.730. The highest BCUT2D eigenvalue weighted by molar-refractivity contribution is 5.76. The summed E-state index contributed by atoms with van der Waals surface area (Å²) >= 11 is 0. The zero-order valence-electron chi connectivity index (χ0n) is 5.09. The molecule has 1 saturated heterocycles. The fraction of sp³-hybridized carbons (Fsp3) is 0.600. The number of nitrogens with zero attached hydrogens (tertiary/aromatic N) is 2. The molecule has 2 amide bonds.